The Morgan fingerprint density at radius 3 is 2.26 bits per heavy atom. The smallest absolute Gasteiger partial charge is 0.240 e. The van der Waals surface area contributed by atoms with E-state index in [1.807, 2.05) is 6.92 Å². The van der Waals surface area contributed by atoms with Gasteiger partial charge in [0.25, 0.3) is 0 Å². The molecule has 2 fully saturated rings. The van der Waals surface area contributed by atoms with Crippen LogP contribution in [0.4, 0.5) is 0 Å². The molecule has 2 N–H and O–H groups in total. The predicted molar refractivity (Wildman–Crippen MR) is 74.1 cm³/mol. The highest BCUT2D eigenvalue weighted by atomic mass is 16.2. The number of rotatable bonds is 2. The average Bonchev–Trinajstić information content (AvgIpc) is 2.65. The fraction of sp³-hybridized carbons (Fsp3) is 0.867. The number of hydrogen-bond donors (Lipinski definition) is 1. The van der Waals surface area contributed by atoms with E-state index in [9.17, 15) is 9.59 Å². The van der Waals surface area contributed by atoms with Gasteiger partial charge in [-0.25, -0.2) is 0 Å². The molecule has 0 radical (unpaired) electrons. The number of primary amides is 1. The Bertz CT molecular complexity index is 422. The highest BCUT2D eigenvalue weighted by Gasteiger charge is 2.69. The molecule has 0 bridgehead atoms. The number of nitrogens with zero attached hydrogens (tertiary/aromatic N) is 1. The van der Waals surface area contributed by atoms with Gasteiger partial charge in [0, 0.05) is 12.5 Å². The van der Waals surface area contributed by atoms with Crippen molar-refractivity contribution in [2.45, 2.75) is 47.6 Å². The fourth-order valence-corrected chi connectivity index (χ4v) is 3.46. The number of likely N-dealkylation sites (tertiary alicyclic amines) is 1. The second-order valence-electron chi connectivity index (χ2n) is 7.88. The fourth-order valence-electron chi connectivity index (χ4n) is 3.46. The van der Waals surface area contributed by atoms with E-state index in [4.69, 9.17) is 5.73 Å². The molecule has 1 heterocycles. The van der Waals surface area contributed by atoms with Gasteiger partial charge in [-0.05, 0) is 22.7 Å². The molecule has 19 heavy (non-hydrogen) atoms. The molecule has 1 aliphatic heterocycles. The van der Waals surface area contributed by atoms with Gasteiger partial charge in [0.05, 0.1) is 0 Å². The largest absolute Gasteiger partial charge is 0.368 e. The van der Waals surface area contributed by atoms with Gasteiger partial charge in [0.2, 0.25) is 11.8 Å². The molecule has 1 unspecified atom stereocenters. The van der Waals surface area contributed by atoms with E-state index in [2.05, 4.69) is 34.6 Å². The third-order valence-electron chi connectivity index (χ3n) is 5.45. The first-order chi connectivity index (χ1) is 8.49. The van der Waals surface area contributed by atoms with Crippen LogP contribution >= 0.6 is 0 Å². The van der Waals surface area contributed by atoms with Crippen LogP contribution in [0.25, 0.3) is 0 Å². The molecule has 1 aliphatic carbocycles. The van der Waals surface area contributed by atoms with E-state index in [1.165, 1.54) is 0 Å². The topological polar surface area (TPSA) is 63.4 Å². The van der Waals surface area contributed by atoms with Crippen molar-refractivity contribution in [2.24, 2.45) is 34.3 Å². The number of amides is 2. The molecular weight excluding hydrogens is 240 g/mol. The predicted octanol–water partition coefficient (Wildman–Crippen LogP) is 1.64. The number of piperidine rings is 1. The van der Waals surface area contributed by atoms with E-state index in [0.717, 1.165) is 0 Å². The van der Waals surface area contributed by atoms with Crippen LogP contribution in [0.15, 0.2) is 0 Å². The van der Waals surface area contributed by atoms with Crippen LogP contribution in [0, 0.1) is 28.6 Å². The Labute approximate surface area is 115 Å². The van der Waals surface area contributed by atoms with Crippen LogP contribution in [-0.2, 0) is 9.59 Å². The van der Waals surface area contributed by atoms with E-state index in [0.29, 0.717) is 12.5 Å². The zero-order valence-corrected chi connectivity index (χ0v) is 12.9. The molecule has 2 rings (SSSR count). The molecule has 4 atom stereocenters. The summed E-state index contributed by atoms with van der Waals surface area (Å²) in [5.74, 6) is 0.295. The lowest BCUT2D eigenvalue weighted by Crippen LogP contribution is -2.51. The van der Waals surface area contributed by atoms with Crippen molar-refractivity contribution in [3.8, 4) is 0 Å². The maximum atomic E-state index is 12.6. The molecule has 2 aliphatic rings. The molecule has 0 aromatic rings. The average molecular weight is 266 g/mol. The monoisotopic (exact) mass is 266 g/mol. The first-order valence-electron chi connectivity index (χ1n) is 7.09. The van der Waals surface area contributed by atoms with Crippen molar-refractivity contribution < 1.29 is 9.59 Å². The summed E-state index contributed by atoms with van der Waals surface area (Å²) >= 11 is 0. The third-order valence-corrected chi connectivity index (χ3v) is 5.45. The second-order valence-corrected chi connectivity index (χ2v) is 7.88. The van der Waals surface area contributed by atoms with Crippen molar-refractivity contribution in [2.75, 3.05) is 6.54 Å². The van der Waals surface area contributed by atoms with E-state index >= 15 is 0 Å². The lowest BCUT2D eigenvalue weighted by Gasteiger charge is -2.35. The minimum atomic E-state index is -0.405. The van der Waals surface area contributed by atoms with Crippen molar-refractivity contribution in [1.82, 2.24) is 4.90 Å². The van der Waals surface area contributed by atoms with Crippen LogP contribution in [0.3, 0.4) is 0 Å². The van der Waals surface area contributed by atoms with Gasteiger partial charge in [-0.2, -0.15) is 0 Å². The van der Waals surface area contributed by atoms with Gasteiger partial charge in [0.15, 0.2) is 0 Å². The minimum Gasteiger partial charge on any atom is -0.368 e. The van der Waals surface area contributed by atoms with Gasteiger partial charge >= 0.3 is 0 Å². The Kier molecular flexibility index (Phi) is 3.00. The zero-order chi connectivity index (χ0) is 14.7. The molecular formula is C15H26N2O2. The summed E-state index contributed by atoms with van der Waals surface area (Å²) in [6.07, 6.45) is 0. The van der Waals surface area contributed by atoms with Crippen LogP contribution in [0.5, 0.6) is 0 Å². The summed E-state index contributed by atoms with van der Waals surface area (Å²) in [5.41, 5.74) is 5.60. The minimum absolute atomic E-state index is 0.0688. The second kappa shape index (κ2) is 3.97. The van der Waals surface area contributed by atoms with E-state index in [1.54, 1.807) is 4.90 Å². The number of hydrogen-bond acceptors (Lipinski definition) is 2. The van der Waals surface area contributed by atoms with Gasteiger partial charge in [0.1, 0.15) is 6.04 Å². The normalized spacial score (nSPS) is 33.8. The Morgan fingerprint density at radius 2 is 1.84 bits per heavy atom. The number of fused-ring (bicyclic) bond motifs is 1. The molecule has 1 saturated carbocycles. The van der Waals surface area contributed by atoms with Crippen LogP contribution < -0.4 is 5.73 Å². The van der Waals surface area contributed by atoms with Crippen LogP contribution in [-0.4, -0.2) is 29.3 Å². The van der Waals surface area contributed by atoms with E-state index in [-0.39, 0.29) is 34.5 Å². The molecule has 4 heteroatoms. The first kappa shape index (κ1) is 14.4. The Hall–Kier alpha value is -1.06. The standard InChI is InChI=1S/C15H26N2O2/c1-8(14(2,3)4)13(19)17-7-9-10(15(9,5)6)11(17)12(16)18/h8-11H,7H2,1-6H3,(H2,16,18)/t8-,9+,10?,11+/m1/s1. The number of carbonyl (C=O) groups excluding carboxylic acids is 2. The van der Waals surface area contributed by atoms with Crippen molar-refractivity contribution >= 4 is 11.8 Å². The maximum Gasteiger partial charge on any atom is 0.240 e. The zero-order valence-electron chi connectivity index (χ0n) is 12.9. The third kappa shape index (κ3) is 2.05. The molecule has 1 saturated heterocycles. The summed E-state index contributed by atoms with van der Waals surface area (Å²) in [6.45, 7) is 13.1. The van der Waals surface area contributed by atoms with Gasteiger partial charge in [-0.1, -0.05) is 41.5 Å². The molecule has 0 spiro atoms. The summed E-state index contributed by atoms with van der Waals surface area (Å²) in [7, 11) is 0. The molecule has 4 nitrogen and oxygen atoms in total. The number of nitrogens with two attached hydrogens (primary N) is 1. The first-order valence-corrected chi connectivity index (χ1v) is 7.09. The lowest BCUT2D eigenvalue weighted by atomic mass is 9.81. The summed E-state index contributed by atoms with van der Waals surface area (Å²) < 4.78 is 0. The van der Waals surface area contributed by atoms with Crippen LogP contribution in [0.2, 0.25) is 0 Å². The van der Waals surface area contributed by atoms with Gasteiger partial charge in [-0.3, -0.25) is 9.59 Å². The molecule has 0 aromatic heterocycles. The Morgan fingerprint density at radius 1 is 1.32 bits per heavy atom. The molecule has 0 aromatic carbocycles. The van der Waals surface area contributed by atoms with Crippen molar-refractivity contribution in [3.63, 3.8) is 0 Å². The van der Waals surface area contributed by atoms with Gasteiger partial charge in [-0.15, -0.1) is 0 Å². The maximum absolute atomic E-state index is 12.6. The summed E-state index contributed by atoms with van der Waals surface area (Å²) in [6, 6.07) is -0.405. The number of carbonyl (C=O) groups is 2. The molecule has 108 valence electrons. The Balaban J connectivity index is 2.19. The summed E-state index contributed by atoms with van der Waals surface area (Å²) in [4.78, 5) is 26.1. The van der Waals surface area contributed by atoms with Crippen LogP contribution in [0.1, 0.15) is 41.5 Å². The van der Waals surface area contributed by atoms with Crippen molar-refractivity contribution in [3.05, 3.63) is 0 Å². The summed E-state index contributed by atoms with van der Waals surface area (Å²) in [5, 5.41) is 0. The van der Waals surface area contributed by atoms with E-state index < -0.39 is 6.04 Å². The lowest BCUT2D eigenvalue weighted by molar-refractivity contribution is -0.144. The van der Waals surface area contributed by atoms with Crippen molar-refractivity contribution in [1.29, 1.82) is 0 Å². The molecule has 2 amide bonds. The highest BCUT2D eigenvalue weighted by molar-refractivity contribution is 5.89. The highest BCUT2D eigenvalue weighted by Crippen LogP contribution is 2.64. The quantitative estimate of drug-likeness (QED) is 0.825. The van der Waals surface area contributed by atoms with Gasteiger partial charge < -0.3 is 10.6 Å². The SMILES string of the molecule is C[C@H](C(=O)N1C[C@H]2C([C@H]1C(N)=O)C2(C)C)C(C)(C)C.